The van der Waals surface area contributed by atoms with Crippen molar-refractivity contribution in [1.82, 2.24) is 9.97 Å². The number of hydrogen-bond donors (Lipinski definition) is 0. The largest absolute Gasteiger partial charge is 0.462 e. The third-order valence-corrected chi connectivity index (χ3v) is 7.61. The zero-order chi connectivity index (χ0) is 24.8. The summed E-state index contributed by atoms with van der Waals surface area (Å²) in [5, 5.41) is 23.1. The van der Waals surface area contributed by atoms with E-state index in [1.54, 1.807) is 26.0 Å². The molecular weight excluding hydrogens is 480 g/mol. The molecule has 35 heavy (non-hydrogen) atoms. The van der Waals surface area contributed by atoms with E-state index >= 15 is 0 Å². The van der Waals surface area contributed by atoms with E-state index < -0.39 is 0 Å². The number of carbonyl (C=O) groups excluding carboxylic acids is 1. The molecule has 2 aromatic heterocycles. The van der Waals surface area contributed by atoms with Gasteiger partial charge in [-0.1, -0.05) is 23.9 Å². The quantitative estimate of drug-likeness (QED) is 0.286. The number of aromatic nitrogens is 2. The van der Waals surface area contributed by atoms with Crippen LogP contribution in [0, 0.1) is 29.6 Å². The molecule has 1 atom stereocenters. The first-order valence-electron chi connectivity index (χ1n) is 11.4. The fourth-order valence-electron chi connectivity index (χ4n) is 3.95. The molecule has 9 heteroatoms. The van der Waals surface area contributed by atoms with E-state index in [2.05, 4.69) is 17.1 Å². The van der Waals surface area contributed by atoms with Gasteiger partial charge >= 0.3 is 5.97 Å². The van der Waals surface area contributed by atoms with Gasteiger partial charge in [0.05, 0.1) is 40.8 Å². The van der Waals surface area contributed by atoms with Gasteiger partial charge in [0.1, 0.15) is 22.2 Å². The fraction of sp³-hybridized carbons (Fsp3) is 0.346. The molecule has 1 aromatic carbocycles. The van der Waals surface area contributed by atoms with Gasteiger partial charge in [-0.3, -0.25) is 0 Å². The SMILES string of the molecule is CCOC(=O)c1ccc(-c2nc(CSc3nc(C)c(C#N)c(C4CCCCO4)c3C#N)cs2)cc1. The van der Waals surface area contributed by atoms with Gasteiger partial charge in [0.15, 0.2) is 0 Å². The molecule has 3 aromatic rings. The number of thioether (sulfide) groups is 1. The Morgan fingerprint density at radius 1 is 1.20 bits per heavy atom. The molecule has 4 rings (SSSR count). The number of nitrogens with zero attached hydrogens (tertiary/aromatic N) is 4. The Morgan fingerprint density at radius 2 is 1.97 bits per heavy atom. The van der Waals surface area contributed by atoms with E-state index in [-0.39, 0.29) is 12.1 Å². The molecule has 1 saturated heterocycles. The van der Waals surface area contributed by atoms with Gasteiger partial charge in [0.2, 0.25) is 0 Å². The summed E-state index contributed by atoms with van der Waals surface area (Å²) in [4.78, 5) is 21.2. The zero-order valence-corrected chi connectivity index (χ0v) is 21.2. The van der Waals surface area contributed by atoms with Crippen molar-refractivity contribution < 1.29 is 14.3 Å². The first-order valence-corrected chi connectivity index (χ1v) is 13.2. The van der Waals surface area contributed by atoms with Crippen molar-refractivity contribution in [2.75, 3.05) is 13.2 Å². The van der Waals surface area contributed by atoms with Crippen molar-refractivity contribution in [3.63, 3.8) is 0 Å². The summed E-state index contributed by atoms with van der Waals surface area (Å²) in [6, 6.07) is 11.7. The first-order chi connectivity index (χ1) is 17.0. The van der Waals surface area contributed by atoms with E-state index in [1.807, 2.05) is 17.5 Å². The number of aryl methyl sites for hydroxylation is 1. The molecule has 7 nitrogen and oxygen atoms in total. The van der Waals surface area contributed by atoms with Crippen LogP contribution in [-0.2, 0) is 15.2 Å². The Morgan fingerprint density at radius 3 is 2.63 bits per heavy atom. The molecule has 1 fully saturated rings. The molecule has 1 aliphatic heterocycles. The summed E-state index contributed by atoms with van der Waals surface area (Å²) in [6.45, 7) is 4.55. The molecule has 0 radical (unpaired) electrons. The molecule has 0 aliphatic carbocycles. The number of carbonyl (C=O) groups is 1. The minimum atomic E-state index is -0.341. The second-order valence-electron chi connectivity index (χ2n) is 7.98. The third kappa shape index (κ3) is 5.54. The van der Waals surface area contributed by atoms with Crippen LogP contribution in [0.1, 0.15) is 70.7 Å². The van der Waals surface area contributed by atoms with E-state index in [9.17, 15) is 15.3 Å². The summed E-state index contributed by atoms with van der Waals surface area (Å²) in [5.41, 5.74) is 4.44. The van der Waals surface area contributed by atoms with Crippen molar-refractivity contribution in [3.05, 3.63) is 63.3 Å². The van der Waals surface area contributed by atoms with Gasteiger partial charge in [-0.15, -0.1) is 11.3 Å². The van der Waals surface area contributed by atoms with Crippen molar-refractivity contribution in [2.24, 2.45) is 0 Å². The van der Waals surface area contributed by atoms with Crippen LogP contribution < -0.4 is 0 Å². The average molecular weight is 505 g/mol. The van der Waals surface area contributed by atoms with Crippen LogP contribution >= 0.6 is 23.1 Å². The Hall–Kier alpha value is -3.24. The zero-order valence-electron chi connectivity index (χ0n) is 19.5. The predicted molar refractivity (Wildman–Crippen MR) is 134 cm³/mol. The van der Waals surface area contributed by atoms with Crippen LogP contribution in [0.5, 0.6) is 0 Å². The van der Waals surface area contributed by atoms with Crippen LogP contribution in [-0.4, -0.2) is 29.2 Å². The van der Waals surface area contributed by atoms with Crippen LogP contribution in [0.4, 0.5) is 0 Å². The number of thiazole rings is 1. The van der Waals surface area contributed by atoms with Crippen LogP contribution in [0.25, 0.3) is 10.6 Å². The second-order valence-corrected chi connectivity index (χ2v) is 9.80. The summed E-state index contributed by atoms with van der Waals surface area (Å²) in [6.07, 6.45) is 2.54. The van der Waals surface area contributed by atoms with Gasteiger partial charge in [0, 0.05) is 28.9 Å². The summed E-state index contributed by atoms with van der Waals surface area (Å²) < 4.78 is 11.0. The molecule has 0 bridgehead atoms. The number of rotatable bonds is 7. The molecule has 0 amide bonds. The number of esters is 1. The predicted octanol–water partition coefficient (Wildman–Crippen LogP) is 5.97. The lowest BCUT2D eigenvalue weighted by Crippen LogP contribution is -2.16. The Labute approximate surface area is 212 Å². The van der Waals surface area contributed by atoms with E-state index in [4.69, 9.17) is 14.5 Å². The lowest BCUT2D eigenvalue weighted by atomic mass is 9.93. The van der Waals surface area contributed by atoms with Gasteiger partial charge in [-0.2, -0.15) is 10.5 Å². The number of pyridine rings is 1. The van der Waals surface area contributed by atoms with Crippen LogP contribution in [0.3, 0.4) is 0 Å². The number of ether oxygens (including phenoxy) is 2. The fourth-order valence-corrected chi connectivity index (χ4v) is 5.82. The highest BCUT2D eigenvalue weighted by Crippen LogP contribution is 2.38. The molecule has 1 aliphatic rings. The van der Waals surface area contributed by atoms with Gasteiger partial charge in [-0.25, -0.2) is 14.8 Å². The maximum absolute atomic E-state index is 11.9. The molecule has 0 N–H and O–H groups in total. The average Bonchev–Trinajstić information content (AvgIpc) is 3.37. The summed E-state index contributed by atoms with van der Waals surface area (Å²) >= 11 is 2.96. The van der Waals surface area contributed by atoms with Gasteiger partial charge in [-0.05, 0) is 45.2 Å². The molecule has 1 unspecified atom stereocenters. The summed E-state index contributed by atoms with van der Waals surface area (Å²) in [7, 11) is 0. The number of nitriles is 2. The third-order valence-electron chi connectivity index (χ3n) is 5.66. The Kier molecular flexibility index (Phi) is 8.14. The maximum atomic E-state index is 11.9. The second kappa shape index (κ2) is 11.5. The summed E-state index contributed by atoms with van der Waals surface area (Å²) in [5.74, 6) is 0.196. The van der Waals surface area contributed by atoms with Crippen LogP contribution in [0.15, 0.2) is 34.7 Å². The maximum Gasteiger partial charge on any atom is 0.338 e. The van der Waals surface area contributed by atoms with E-state index in [0.29, 0.717) is 51.9 Å². The van der Waals surface area contributed by atoms with Gasteiger partial charge < -0.3 is 9.47 Å². The van der Waals surface area contributed by atoms with Crippen molar-refractivity contribution in [3.8, 4) is 22.7 Å². The number of hydrogen-bond acceptors (Lipinski definition) is 9. The Balaban J connectivity index is 1.54. The molecule has 0 spiro atoms. The normalized spacial score (nSPS) is 15.3. The standard InChI is InChI=1S/C26H24N4O3S2/c1-3-32-26(31)18-9-7-17(8-10-18)24-30-19(14-34-24)15-35-25-21(13-28)23(20(12-27)16(2)29-25)22-6-4-5-11-33-22/h7-10,14,22H,3-6,11,15H2,1-2H3. The molecular formula is C26H24N4O3S2. The number of benzene rings is 1. The topological polar surface area (TPSA) is 109 Å². The highest BCUT2D eigenvalue weighted by atomic mass is 32.2. The lowest BCUT2D eigenvalue weighted by molar-refractivity contribution is 0.0144. The monoisotopic (exact) mass is 504 g/mol. The van der Waals surface area contributed by atoms with Crippen LogP contribution in [0.2, 0.25) is 0 Å². The van der Waals surface area contributed by atoms with Crippen molar-refractivity contribution in [1.29, 1.82) is 10.5 Å². The minimum Gasteiger partial charge on any atom is -0.462 e. The Bertz CT molecular complexity index is 1300. The first kappa shape index (κ1) is 24.9. The van der Waals surface area contributed by atoms with E-state index in [1.165, 1.54) is 23.1 Å². The van der Waals surface area contributed by atoms with E-state index in [0.717, 1.165) is 35.5 Å². The molecule has 0 saturated carbocycles. The minimum absolute atomic E-state index is 0.252. The van der Waals surface area contributed by atoms with Crippen molar-refractivity contribution >= 4 is 29.1 Å². The smallest absolute Gasteiger partial charge is 0.338 e. The molecule has 178 valence electrons. The molecule has 3 heterocycles. The highest BCUT2D eigenvalue weighted by molar-refractivity contribution is 7.98. The van der Waals surface area contributed by atoms with Crippen molar-refractivity contribution in [2.45, 2.75) is 50.0 Å². The highest BCUT2D eigenvalue weighted by Gasteiger charge is 2.27. The van der Waals surface area contributed by atoms with Gasteiger partial charge in [0.25, 0.3) is 0 Å². The lowest BCUT2D eigenvalue weighted by Gasteiger charge is -2.25.